The number of rotatable bonds is 6. The van der Waals surface area contributed by atoms with Crippen molar-refractivity contribution in [3.8, 4) is 0 Å². The molecule has 2 unspecified atom stereocenters. The van der Waals surface area contributed by atoms with Gasteiger partial charge in [-0.3, -0.25) is 9.69 Å². The number of β-amino-alcohol motifs (C(OH)–C–C–N with tert-alkyl or cyclic N) is 1. The first kappa shape index (κ1) is 16.5. The molecule has 1 aliphatic carbocycles. The first-order valence-electron chi connectivity index (χ1n) is 8.80. The molecule has 1 aromatic carbocycles. The standard InChI is InChI=1S/C19H28N2O2/c1-14-5-7-16(8-6-14)19(23)13-20-11-3-4-18(20)12-21(15(2)22)17-9-10-17/h5-8,17-19,23H,3-4,9-13H2,1-2H3. The third-order valence-electron chi connectivity index (χ3n) is 5.17. The highest BCUT2D eigenvalue weighted by atomic mass is 16.3. The fourth-order valence-electron chi connectivity index (χ4n) is 3.61. The molecule has 3 rings (SSSR count). The van der Waals surface area contributed by atoms with Crippen LogP contribution in [-0.4, -0.2) is 52.5 Å². The Morgan fingerprint density at radius 1 is 1.30 bits per heavy atom. The third-order valence-corrected chi connectivity index (χ3v) is 5.17. The van der Waals surface area contributed by atoms with Gasteiger partial charge in [0.05, 0.1) is 6.10 Å². The number of carbonyl (C=O) groups excluding carboxylic acids is 1. The first-order valence-corrected chi connectivity index (χ1v) is 8.80. The number of carbonyl (C=O) groups is 1. The van der Waals surface area contributed by atoms with Crippen LogP contribution < -0.4 is 0 Å². The predicted molar refractivity (Wildman–Crippen MR) is 91.1 cm³/mol. The van der Waals surface area contributed by atoms with Gasteiger partial charge in [0, 0.05) is 32.1 Å². The van der Waals surface area contributed by atoms with Gasteiger partial charge < -0.3 is 10.0 Å². The van der Waals surface area contributed by atoms with Gasteiger partial charge in [-0.2, -0.15) is 0 Å². The minimum atomic E-state index is -0.456. The van der Waals surface area contributed by atoms with Crippen molar-refractivity contribution < 1.29 is 9.90 Å². The fourth-order valence-corrected chi connectivity index (χ4v) is 3.61. The van der Waals surface area contributed by atoms with Crippen LogP contribution in [0.5, 0.6) is 0 Å². The number of likely N-dealkylation sites (tertiary alicyclic amines) is 1. The summed E-state index contributed by atoms with van der Waals surface area (Å²) >= 11 is 0. The van der Waals surface area contributed by atoms with Gasteiger partial charge in [-0.05, 0) is 44.7 Å². The minimum Gasteiger partial charge on any atom is -0.387 e. The lowest BCUT2D eigenvalue weighted by molar-refractivity contribution is -0.130. The summed E-state index contributed by atoms with van der Waals surface area (Å²) in [6, 6.07) is 8.97. The van der Waals surface area contributed by atoms with Crippen molar-refractivity contribution in [1.82, 2.24) is 9.80 Å². The molecule has 126 valence electrons. The highest BCUT2D eigenvalue weighted by Crippen LogP contribution is 2.30. The molecule has 2 fully saturated rings. The summed E-state index contributed by atoms with van der Waals surface area (Å²) in [7, 11) is 0. The Bertz CT molecular complexity index is 539. The maximum atomic E-state index is 11.9. The molecule has 1 N–H and O–H groups in total. The molecular formula is C19H28N2O2. The van der Waals surface area contributed by atoms with Crippen LogP contribution in [0.4, 0.5) is 0 Å². The van der Waals surface area contributed by atoms with E-state index in [1.807, 2.05) is 29.2 Å². The van der Waals surface area contributed by atoms with Crippen molar-refractivity contribution in [3.05, 3.63) is 35.4 Å². The summed E-state index contributed by atoms with van der Waals surface area (Å²) in [5.41, 5.74) is 2.19. The first-order chi connectivity index (χ1) is 11.0. The van der Waals surface area contributed by atoms with Crippen LogP contribution in [0, 0.1) is 6.92 Å². The van der Waals surface area contributed by atoms with E-state index in [1.165, 1.54) is 5.56 Å². The second kappa shape index (κ2) is 7.02. The van der Waals surface area contributed by atoms with Crippen LogP contribution in [0.15, 0.2) is 24.3 Å². The molecule has 0 radical (unpaired) electrons. The Kier molecular flexibility index (Phi) is 5.02. The Hall–Kier alpha value is -1.39. The van der Waals surface area contributed by atoms with Gasteiger partial charge in [0.1, 0.15) is 0 Å². The maximum Gasteiger partial charge on any atom is 0.219 e. The lowest BCUT2D eigenvalue weighted by Gasteiger charge is -2.31. The van der Waals surface area contributed by atoms with Crippen LogP contribution in [-0.2, 0) is 4.79 Å². The monoisotopic (exact) mass is 316 g/mol. The minimum absolute atomic E-state index is 0.193. The summed E-state index contributed by atoms with van der Waals surface area (Å²) in [6.45, 7) is 6.23. The van der Waals surface area contributed by atoms with Crippen LogP contribution >= 0.6 is 0 Å². The van der Waals surface area contributed by atoms with Gasteiger partial charge in [-0.1, -0.05) is 29.8 Å². The molecule has 2 atom stereocenters. The van der Waals surface area contributed by atoms with E-state index >= 15 is 0 Å². The molecule has 4 nitrogen and oxygen atoms in total. The van der Waals surface area contributed by atoms with Crippen molar-refractivity contribution in [1.29, 1.82) is 0 Å². The highest BCUT2D eigenvalue weighted by molar-refractivity contribution is 5.74. The zero-order valence-corrected chi connectivity index (χ0v) is 14.2. The molecule has 0 bridgehead atoms. The molecule has 0 aromatic heterocycles. The van der Waals surface area contributed by atoms with Crippen LogP contribution in [0.25, 0.3) is 0 Å². The van der Waals surface area contributed by atoms with Gasteiger partial charge >= 0.3 is 0 Å². The molecule has 1 saturated carbocycles. The molecule has 4 heteroatoms. The smallest absolute Gasteiger partial charge is 0.219 e. The van der Waals surface area contributed by atoms with Gasteiger partial charge in [0.25, 0.3) is 0 Å². The van der Waals surface area contributed by atoms with E-state index in [1.54, 1.807) is 6.92 Å². The number of aryl methyl sites for hydroxylation is 1. The molecule has 1 aromatic rings. The number of hydrogen-bond acceptors (Lipinski definition) is 3. The van der Waals surface area contributed by atoms with Gasteiger partial charge in [-0.25, -0.2) is 0 Å². The molecule has 2 aliphatic rings. The van der Waals surface area contributed by atoms with Gasteiger partial charge in [0.2, 0.25) is 5.91 Å². The third kappa shape index (κ3) is 4.12. The van der Waals surface area contributed by atoms with Crippen molar-refractivity contribution in [3.63, 3.8) is 0 Å². The number of hydrogen-bond donors (Lipinski definition) is 1. The van der Waals surface area contributed by atoms with E-state index in [0.29, 0.717) is 18.6 Å². The highest BCUT2D eigenvalue weighted by Gasteiger charge is 2.35. The topological polar surface area (TPSA) is 43.8 Å². The van der Waals surface area contributed by atoms with Gasteiger partial charge in [-0.15, -0.1) is 0 Å². The van der Waals surface area contributed by atoms with E-state index in [2.05, 4.69) is 11.8 Å². The molecule has 1 heterocycles. The predicted octanol–water partition coefficient (Wildman–Crippen LogP) is 2.50. The van der Waals surface area contributed by atoms with Crippen molar-refractivity contribution in [2.45, 2.75) is 57.7 Å². The van der Waals surface area contributed by atoms with Crippen LogP contribution in [0.2, 0.25) is 0 Å². The summed E-state index contributed by atoms with van der Waals surface area (Å²) in [4.78, 5) is 16.3. The maximum absolute atomic E-state index is 11.9. The number of aliphatic hydroxyl groups is 1. The van der Waals surface area contributed by atoms with Crippen molar-refractivity contribution in [2.24, 2.45) is 0 Å². The number of benzene rings is 1. The van der Waals surface area contributed by atoms with E-state index in [0.717, 1.165) is 44.3 Å². The second-order valence-corrected chi connectivity index (χ2v) is 7.12. The number of amides is 1. The van der Waals surface area contributed by atoms with Crippen LogP contribution in [0.3, 0.4) is 0 Å². The quantitative estimate of drug-likeness (QED) is 0.877. The molecule has 1 amide bonds. The lowest BCUT2D eigenvalue weighted by Crippen LogP contribution is -2.44. The molecule has 1 aliphatic heterocycles. The zero-order valence-electron chi connectivity index (χ0n) is 14.2. The fraction of sp³-hybridized carbons (Fsp3) is 0.632. The van der Waals surface area contributed by atoms with E-state index in [-0.39, 0.29) is 5.91 Å². The van der Waals surface area contributed by atoms with E-state index < -0.39 is 6.10 Å². The molecule has 23 heavy (non-hydrogen) atoms. The Morgan fingerprint density at radius 3 is 2.61 bits per heavy atom. The average molecular weight is 316 g/mol. The Labute approximate surface area is 139 Å². The van der Waals surface area contributed by atoms with Crippen molar-refractivity contribution >= 4 is 5.91 Å². The summed E-state index contributed by atoms with van der Waals surface area (Å²) in [5.74, 6) is 0.193. The lowest BCUT2D eigenvalue weighted by atomic mass is 10.1. The van der Waals surface area contributed by atoms with E-state index in [9.17, 15) is 9.90 Å². The number of nitrogens with zero attached hydrogens (tertiary/aromatic N) is 2. The largest absolute Gasteiger partial charge is 0.387 e. The molecule has 1 saturated heterocycles. The second-order valence-electron chi connectivity index (χ2n) is 7.12. The van der Waals surface area contributed by atoms with Crippen molar-refractivity contribution in [2.75, 3.05) is 19.6 Å². The average Bonchev–Trinajstić information content (AvgIpc) is 3.26. The number of aliphatic hydroxyl groups excluding tert-OH is 1. The van der Waals surface area contributed by atoms with E-state index in [4.69, 9.17) is 0 Å². The molecule has 0 spiro atoms. The molecular weight excluding hydrogens is 288 g/mol. The Balaban J connectivity index is 1.59. The summed E-state index contributed by atoms with van der Waals surface area (Å²) < 4.78 is 0. The van der Waals surface area contributed by atoms with Crippen LogP contribution in [0.1, 0.15) is 49.8 Å². The summed E-state index contributed by atoms with van der Waals surface area (Å²) in [5, 5.41) is 10.5. The SMILES string of the molecule is CC(=O)N(CC1CCCN1CC(O)c1ccc(C)cc1)C1CC1. The zero-order chi connectivity index (χ0) is 16.4. The van der Waals surface area contributed by atoms with Gasteiger partial charge in [0.15, 0.2) is 0 Å². The normalized spacial score (nSPS) is 23.0. The Morgan fingerprint density at radius 2 is 2.00 bits per heavy atom. The summed E-state index contributed by atoms with van der Waals surface area (Å²) in [6.07, 6.45) is 4.12.